The molecule has 1 aliphatic carbocycles. The predicted molar refractivity (Wildman–Crippen MR) is 135 cm³/mol. The molecule has 1 saturated heterocycles. The summed E-state index contributed by atoms with van der Waals surface area (Å²) >= 11 is 0. The van der Waals surface area contributed by atoms with Gasteiger partial charge in [-0.3, -0.25) is 4.98 Å². The van der Waals surface area contributed by atoms with Crippen molar-refractivity contribution in [2.24, 2.45) is 0 Å². The normalized spacial score (nSPS) is 19.8. The first-order valence-electron chi connectivity index (χ1n) is 12.5. The van der Waals surface area contributed by atoms with Gasteiger partial charge < -0.3 is 21.1 Å². The highest BCUT2D eigenvalue weighted by molar-refractivity contribution is 5.93. The average molecular weight is 523 g/mol. The summed E-state index contributed by atoms with van der Waals surface area (Å²) in [5, 5.41) is 20.6. The van der Waals surface area contributed by atoms with E-state index in [1.54, 1.807) is 12.3 Å². The van der Waals surface area contributed by atoms with Crippen LogP contribution in [0.15, 0.2) is 36.8 Å². The highest BCUT2D eigenvalue weighted by Crippen LogP contribution is 2.41. The van der Waals surface area contributed by atoms with E-state index in [0.29, 0.717) is 41.3 Å². The molecule has 0 bridgehead atoms. The molecule has 5 heterocycles. The van der Waals surface area contributed by atoms with E-state index in [2.05, 4.69) is 30.9 Å². The molecule has 4 aromatic heterocycles. The Bertz CT molecular complexity index is 1500. The molecule has 1 saturated carbocycles. The molecule has 196 valence electrons. The van der Waals surface area contributed by atoms with E-state index in [1.807, 2.05) is 6.20 Å². The van der Waals surface area contributed by atoms with Crippen LogP contribution in [0.25, 0.3) is 22.3 Å². The zero-order valence-corrected chi connectivity index (χ0v) is 20.3. The lowest BCUT2D eigenvalue weighted by Gasteiger charge is -2.31. The monoisotopic (exact) mass is 522 g/mol. The van der Waals surface area contributed by atoms with E-state index in [0.717, 1.165) is 43.2 Å². The van der Waals surface area contributed by atoms with Crippen LogP contribution in [0.3, 0.4) is 0 Å². The second kappa shape index (κ2) is 10.1. The number of piperidine rings is 1. The summed E-state index contributed by atoms with van der Waals surface area (Å²) in [7, 11) is 0. The molecule has 4 N–H and O–H groups in total. The molecular weight excluding hydrogens is 497 g/mol. The zero-order chi connectivity index (χ0) is 26.2. The van der Waals surface area contributed by atoms with Crippen molar-refractivity contribution in [3.63, 3.8) is 0 Å². The van der Waals surface area contributed by atoms with Crippen LogP contribution in [0.4, 0.5) is 30.6 Å². The Hall–Kier alpha value is -3.90. The van der Waals surface area contributed by atoms with E-state index < -0.39 is 29.5 Å². The summed E-state index contributed by atoms with van der Waals surface area (Å²) in [5.74, 6) is -3.03. The highest BCUT2D eigenvalue weighted by Gasteiger charge is 2.28. The van der Waals surface area contributed by atoms with Crippen LogP contribution in [0, 0.1) is 17.6 Å². The van der Waals surface area contributed by atoms with Gasteiger partial charge in [0.05, 0.1) is 23.9 Å². The van der Waals surface area contributed by atoms with E-state index in [1.165, 1.54) is 12.3 Å². The van der Waals surface area contributed by atoms with E-state index >= 15 is 0 Å². The molecule has 9 nitrogen and oxygen atoms in total. The molecule has 6 rings (SSSR count). The number of aliphatic hydroxyl groups is 1. The quantitative estimate of drug-likeness (QED) is 0.278. The molecule has 0 spiro atoms. The van der Waals surface area contributed by atoms with Gasteiger partial charge in [-0.1, -0.05) is 6.42 Å². The molecule has 12 heteroatoms. The Morgan fingerprint density at radius 1 is 1.00 bits per heavy atom. The third-order valence-corrected chi connectivity index (χ3v) is 7.10. The number of anilines is 3. The van der Waals surface area contributed by atoms with Gasteiger partial charge in [0, 0.05) is 36.0 Å². The third-order valence-electron chi connectivity index (χ3n) is 7.10. The van der Waals surface area contributed by atoms with Crippen molar-refractivity contribution in [2.45, 2.75) is 43.7 Å². The van der Waals surface area contributed by atoms with Crippen molar-refractivity contribution in [1.82, 2.24) is 30.2 Å². The van der Waals surface area contributed by atoms with Crippen molar-refractivity contribution in [1.29, 1.82) is 0 Å². The van der Waals surface area contributed by atoms with Crippen LogP contribution in [-0.2, 0) is 0 Å². The summed E-state index contributed by atoms with van der Waals surface area (Å²) in [5.41, 5.74) is 2.26. The lowest BCUT2D eigenvalue weighted by molar-refractivity contribution is 0.128. The molecular formula is C26H25F3N8O. The van der Waals surface area contributed by atoms with Gasteiger partial charge in [-0.15, -0.1) is 0 Å². The maximum absolute atomic E-state index is 14.2. The van der Waals surface area contributed by atoms with Crippen LogP contribution in [0.5, 0.6) is 0 Å². The molecule has 4 aromatic rings. The maximum atomic E-state index is 14.2. The highest BCUT2D eigenvalue weighted by atomic mass is 19.2. The molecule has 1 aliphatic heterocycles. The minimum atomic E-state index is -1.36. The Kier molecular flexibility index (Phi) is 6.50. The minimum absolute atomic E-state index is 0.104. The second-order valence-corrected chi connectivity index (χ2v) is 9.60. The number of nitrogens with one attached hydrogen (secondary N) is 3. The summed E-state index contributed by atoms with van der Waals surface area (Å²) in [6, 6.07) is 3.38. The van der Waals surface area contributed by atoms with Crippen molar-refractivity contribution in [3.8, 4) is 11.4 Å². The first kappa shape index (κ1) is 24.4. The lowest BCUT2D eigenvalue weighted by Crippen LogP contribution is -2.47. The van der Waals surface area contributed by atoms with Crippen molar-refractivity contribution in [3.05, 3.63) is 59.9 Å². The Balaban J connectivity index is 1.41. The Morgan fingerprint density at radius 2 is 1.87 bits per heavy atom. The predicted octanol–water partition coefficient (Wildman–Crippen LogP) is 4.04. The second-order valence-electron chi connectivity index (χ2n) is 9.60. The summed E-state index contributed by atoms with van der Waals surface area (Å²) in [6.07, 6.45) is 8.44. The van der Waals surface area contributed by atoms with Crippen molar-refractivity contribution < 1.29 is 18.3 Å². The number of pyridine rings is 3. The number of halogens is 3. The fraction of sp³-hybridized carbons (Fsp3) is 0.346. The molecule has 0 amide bonds. The van der Waals surface area contributed by atoms with Crippen LogP contribution in [0.2, 0.25) is 0 Å². The minimum Gasteiger partial charge on any atom is -0.390 e. The largest absolute Gasteiger partial charge is 0.390 e. The first-order valence-corrected chi connectivity index (χ1v) is 12.5. The van der Waals surface area contributed by atoms with E-state index in [9.17, 15) is 18.3 Å². The molecule has 38 heavy (non-hydrogen) atoms. The molecule has 0 aromatic carbocycles. The molecule has 2 fully saturated rings. The standard InChI is InChI=1S/C26H25F3N8O/c27-16-9-20(28)35-26(23(16)29)36-21-8-14(4-7-32-21)24-34-18-11-31-10-15(13-2-1-3-13)22(18)25(37-24)33-17-5-6-30-12-19(17)38/h4,7-11,13,17,19,30,38H,1-3,5-6,12H2,(H,32,35,36)(H,33,34,37). The number of hydrogen-bond donors (Lipinski definition) is 4. The lowest BCUT2D eigenvalue weighted by atomic mass is 9.79. The number of hydrogen-bond acceptors (Lipinski definition) is 9. The molecule has 0 radical (unpaired) electrons. The maximum Gasteiger partial charge on any atom is 0.217 e. The third kappa shape index (κ3) is 4.72. The number of fused-ring (bicyclic) bond motifs is 1. The van der Waals surface area contributed by atoms with Gasteiger partial charge in [-0.25, -0.2) is 19.3 Å². The van der Waals surface area contributed by atoms with Gasteiger partial charge in [0.1, 0.15) is 11.6 Å². The SMILES string of the molecule is OC1CNCCC1Nc1nc(-c2ccnc(Nc3nc(F)cc(F)c3F)c2)nc2cncc(C3CCC3)c12. The number of aliphatic hydroxyl groups excluding tert-OH is 1. The van der Waals surface area contributed by atoms with Crippen molar-refractivity contribution >= 4 is 28.4 Å². The fourth-order valence-corrected chi connectivity index (χ4v) is 4.87. The van der Waals surface area contributed by atoms with Gasteiger partial charge >= 0.3 is 0 Å². The molecule has 2 atom stereocenters. The van der Waals surface area contributed by atoms with Crippen molar-refractivity contribution in [2.75, 3.05) is 23.7 Å². The number of β-amino-alcohol motifs (C(OH)–C–C–N with tert-alkyl or cyclic N) is 1. The number of rotatable bonds is 6. The van der Waals surface area contributed by atoms with Gasteiger partial charge in [-0.2, -0.15) is 13.8 Å². The van der Waals surface area contributed by atoms with E-state index in [4.69, 9.17) is 9.97 Å². The Morgan fingerprint density at radius 3 is 2.66 bits per heavy atom. The Labute approximate surface area is 216 Å². The molecule has 2 aliphatic rings. The average Bonchev–Trinajstić information content (AvgIpc) is 2.87. The van der Waals surface area contributed by atoms with Gasteiger partial charge in [-0.05, 0) is 49.4 Å². The van der Waals surface area contributed by atoms with Gasteiger partial charge in [0.15, 0.2) is 17.5 Å². The summed E-state index contributed by atoms with van der Waals surface area (Å²) in [6.45, 7) is 1.25. The van der Waals surface area contributed by atoms with Crippen LogP contribution in [-0.4, -0.2) is 55.3 Å². The summed E-state index contributed by atoms with van der Waals surface area (Å²) in [4.78, 5) is 21.5. The summed E-state index contributed by atoms with van der Waals surface area (Å²) < 4.78 is 41.4. The van der Waals surface area contributed by atoms with Crippen LogP contribution >= 0.6 is 0 Å². The van der Waals surface area contributed by atoms with Gasteiger partial charge in [0.2, 0.25) is 11.8 Å². The van der Waals surface area contributed by atoms with Crippen LogP contribution < -0.4 is 16.0 Å². The smallest absolute Gasteiger partial charge is 0.217 e. The van der Waals surface area contributed by atoms with Crippen LogP contribution in [0.1, 0.15) is 37.2 Å². The first-order chi connectivity index (χ1) is 18.5. The van der Waals surface area contributed by atoms with Gasteiger partial charge in [0.25, 0.3) is 0 Å². The fourth-order valence-electron chi connectivity index (χ4n) is 4.87. The van der Waals surface area contributed by atoms with E-state index in [-0.39, 0.29) is 11.9 Å². The topological polar surface area (TPSA) is 121 Å². The molecule has 2 unspecified atom stereocenters. The number of nitrogens with zero attached hydrogens (tertiary/aromatic N) is 5. The number of aromatic nitrogens is 5. The zero-order valence-electron chi connectivity index (χ0n) is 20.3.